The fourth-order valence-corrected chi connectivity index (χ4v) is 2.71. The maximum atomic E-state index is 12.1. The molecule has 2 N–H and O–H groups in total. The SMILES string of the molecule is CN(CC(=O)O)C1CCc2nc(NC(=O)c3ccccn3)nn2C1. The molecule has 0 fully saturated rings. The molecule has 2 aromatic heterocycles. The molecule has 9 nitrogen and oxygen atoms in total. The summed E-state index contributed by atoms with van der Waals surface area (Å²) in [5, 5.41) is 15.8. The van der Waals surface area contributed by atoms with E-state index in [1.54, 1.807) is 41.0 Å². The second-order valence-electron chi connectivity index (χ2n) is 5.70. The van der Waals surface area contributed by atoms with Crippen LogP contribution in [0.5, 0.6) is 0 Å². The topological polar surface area (TPSA) is 113 Å². The maximum Gasteiger partial charge on any atom is 0.317 e. The minimum atomic E-state index is -0.856. The van der Waals surface area contributed by atoms with E-state index in [9.17, 15) is 9.59 Å². The lowest BCUT2D eigenvalue weighted by Gasteiger charge is -2.29. The lowest BCUT2D eigenvalue weighted by atomic mass is 10.1. The molecule has 0 aromatic carbocycles. The van der Waals surface area contributed by atoms with Crippen molar-refractivity contribution in [1.29, 1.82) is 0 Å². The number of aromatic nitrogens is 4. The van der Waals surface area contributed by atoms with Crippen molar-refractivity contribution in [3.05, 3.63) is 35.9 Å². The molecule has 1 unspecified atom stereocenters. The third-order valence-corrected chi connectivity index (χ3v) is 3.96. The van der Waals surface area contributed by atoms with Gasteiger partial charge in [-0.1, -0.05) is 6.07 Å². The Balaban J connectivity index is 1.67. The molecule has 0 saturated heterocycles. The van der Waals surface area contributed by atoms with Crippen molar-refractivity contribution in [1.82, 2.24) is 24.6 Å². The van der Waals surface area contributed by atoms with Crippen LogP contribution in [0.3, 0.4) is 0 Å². The molecule has 0 saturated carbocycles. The van der Waals surface area contributed by atoms with E-state index in [2.05, 4.69) is 20.4 Å². The monoisotopic (exact) mass is 330 g/mol. The molecule has 0 spiro atoms. The molecule has 0 radical (unpaired) electrons. The van der Waals surface area contributed by atoms with Crippen LogP contribution >= 0.6 is 0 Å². The summed E-state index contributed by atoms with van der Waals surface area (Å²) in [5.74, 6) is -0.197. The third-order valence-electron chi connectivity index (χ3n) is 3.96. The van der Waals surface area contributed by atoms with Gasteiger partial charge in [-0.2, -0.15) is 4.98 Å². The molecule has 1 aliphatic heterocycles. The van der Waals surface area contributed by atoms with Gasteiger partial charge in [0.05, 0.1) is 13.1 Å². The van der Waals surface area contributed by atoms with E-state index in [4.69, 9.17) is 5.11 Å². The number of rotatable bonds is 5. The lowest BCUT2D eigenvalue weighted by molar-refractivity contribution is -0.138. The smallest absolute Gasteiger partial charge is 0.317 e. The second-order valence-corrected chi connectivity index (χ2v) is 5.70. The Hall–Kier alpha value is -2.81. The van der Waals surface area contributed by atoms with E-state index >= 15 is 0 Å². The first-order valence-corrected chi connectivity index (χ1v) is 7.61. The molecule has 3 heterocycles. The Morgan fingerprint density at radius 3 is 3.00 bits per heavy atom. The van der Waals surface area contributed by atoms with Gasteiger partial charge in [-0.05, 0) is 25.6 Å². The quantitative estimate of drug-likeness (QED) is 0.808. The number of carbonyl (C=O) groups excluding carboxylic acids is 1. The van der Waals surface area contributed by atoms with Crippen molar-refractivity contribution in [2.75, 3.05) is 18.9 Å². The van der Waals surface area contributed by atoms with Gasteiger partial charge in [0.2, 0.25) is 5.95 Å². The van der Waals surface area contributed by atoms with E-state index in [-0.39, 0.29) is 24.4 Å². The van der Waals surface area contributed by atoms with Gasteiger partial charge in [-0.25, -0.2) is 4.68 Å². The normalized spacial score (nSPS) is 16.7. The van der Waals surface area contributed by atoms with Gasteiger partial charge in [0.1, 0.15) is 11.5 Å². The average molecular weight is 330 g/mol. The fourth-order valence-electron chi connectivity index (χ4n) is 2.71. The molecule has 0 aliphatic carbocycles. The zero-order chi connectivity index (χ0) is 17.1. The number of fused-ring (bicyclic) bond motifs is 1. The van der Waals surface area contributed by atoms with Crippen molar-refractivity contribution in [2.24, 2.45) is 0 Å². The number of carboxylic acid groups (broad SMARTS) is 1. The Labute approximate surface area is 138 Å². The van der Waals surface area contributed by atoms with Crippen LogP contribution in [-0.4, -0.2) is 61.3 Å². The van der Waals surface area contributed by atoms with Crippen molar-refractivity contribution < 1.29 is 14.7 Å². The molecule has 24 heavy (non-hydrogen) atoms. The van der Waals surface area contributed by atoms with Crippen LogP contribution < -0.4 is 5.32 Å². The molecule has 3 rings (SSSR count). The minimum Gasteiger partial charge on any atom is -0.480 e. The second kappa shape index (κ2) is 6.75. The molecule has 0 bridgehead atoms. The number of hydrogen-bond acceptors (Lipinski definition) is 6. The summed E-state index contributed by atoms with van der Waals surface area (Å²) in [5.41, 5.74) is 0.296. The van der Waals surface area contributed by atoms with Crippen LogP contribution in [-0.2, 0) is 17.8 Å². The largest absolute Gasteiger partial charge is 0.480 e. The maximum absolute atomic E-state index is 12.1. The van der Waals surface area contributed by atoms with Gasteiger partial charge >= 0.3 is 5.97 Å². The van der Waals surface area contributed by atoms with Gasteiger partial charge in [0.15, 0.2) is 0 Å². The number of aliphatic carboxylic acids is 1. The Bertz CT molecular complexity index is 745. The highest BCUT2D eigenvalue weighted by Crippen LogP contribution is 2.18. The molecular formula is C15H18N6O3. The van der Waals surface area contributed by atoms with Crippen LogP contribution in [0.2, 0.25) is 0 Å². The highest BCUT2D eigenvalue weighted by Gasteiger charge is 2.26. The van der Waals surface area contributed by atoms with Crippen molar-refractivity contribution in [3.63, 3.8) is 0 Å². The van der Waals surface area contributed by atoms with E-state index in [1.165, 1.54) is 0 Å². The number of amides is 1. The molecule has 1 amide bonds. The number of hydrogen-bond donors (Lipinski definition) is 2. The summed E-state index contributed by atoms with van der Waals surface area (Å²) >= 11 is 0. The van der Waals surface area contributed by atoms with Gasteiger partial charge in [0.25, 0.3) is 5.91 Å². The molecule has 9 heteroatoms. The summed E-state index contributed by atoms with van der Waals surface area (Å²) in [6.07, 6.45) is 3.03. The molecular weight excluding hydrogens is 312 g/mol. The van der Waals surface area contributed by atoms with Crippen LogP contribution in [0.4, 0.5) is 5.95 Å². The molecule has 1 atom stereocenters. The van der Waals surface area contributed by atoms with E-state index < -0.39 is 5.97 Å². The van der Waals surface area contributed by atoms with E-state index in [0.717, 1.165) is 12.2 Å². The van der Waals surface area contributed by atoms with Gasteiger partial charge in [-0.3, -0.25) is 24.8 Å². The third kappa shape index (κ3) is 3.57. The zero-order valence-electron chi connectivity index (χ0n) is 13.2. The first kappa shape index (κ1) is 16.1. The summed E-state index contributed by atoms with van der Waals surface area (Å²) in [6, 6.07) is 5.16. The fraction of sp³-hybridized carbons (Fsp3) is 0.400. The Kier molecular flexibility index (Phi) is 4.52. The number of aryl methyl sites for hydroxylation is 1. The molecule has 2 aromatic rings. The number of carbonyl (C=O) groups is 2. The summed E-state index contributed by atoms with van der Waals surface area (Å²) < 4.78 is 1.72. The summed E-state index contributed by atoms with van der Waals surface area (Å²) in [7, 11) is 1.78. The van der Waals surface area contributed by atoms with Crippen molar-refractivity contribution in [3.8, 4) is 0 Å². The van der Waals surface area contributed by atoms with Crippen LogP contribution in [0, 0.1) is 0 Å². The lowest BCUT2D eigenvalue weighted by Crippen LogP contribution is -2.41. The first-order valence-electron chi connectivity index (χ1n) is 7.61. The number of pyridine rings is 1. The van der Waals surface area contributed by atoms with Gasteiger partial charge in [0, 0.05) is 18.7 Å². The van der Waals surface area contributed by atoms with E-state index in [1.807, 2.05) is 0 Å². The number of nitrogens with one attached hydrogen (secondary N) is 1. The van der Waals surface area contributed by atoms with Crippen molar-refractivity contribution >= 4 is 17.8 Å². The minimum absolute atomic E-state index is 0.0159. The number of anilines is 1. The highest BCUT2D eigenvalue weighted by molar-refractivity contribution is 6.01. The summed E-state index contributed by atoms with van der Waals surface area (Å²) in [6.45, 7) is 0.531. The van der Waals surface area contributed by atoms with Crippen LogP contribution in [0.25, 0.3) is 0 Å². The number of likely N-dealkylation sites (N-methyl/N-ethyl adjacent to an activating group) is 1. The Morgan fingerprint density at radius 2 is 2.29 bits per heavy atom. The predicted molar refractivity (Wildman–Crippen MR) is 84.6 cm³/mol. The molecule has 126 valence electrons. The average Bonchev–Trinajstić information content (AvgIpc) is 2.96. The van der Waals surface area contributed by atoms with Crippen LogP contribution in [0.15, 0.2) is 24.4 Å². The number of nitrogens with zero attached hydrogens (tertiary/aromatic N) is 5. The molecule has 1 aliphatic rings. The zero-order valence-corrected chi connectivity index (χ0v) is 13.2. The van der Waals surface area contributed by atoms with E-state index in [0.29, 0.717) is 18.7 Å². The first-order chi connectivity index (χ1) is 11.5. The highest BCUT2D eigenvalue weighted by atomic mass is 16.4. The van der Waals surface area contributed by atoms with Crippen molar-refractivity contribution in [2.45, 2.75) is 25.4 Å². The predicted octanol–water partition coefficient (Wildman–Crippen LogP) is 0.257. The van der Waals surface area contributed by atoms with Gasteiger partial charge < -0.3 is 5.11 Å². The van der Waals surface area contributed by atoms with Gasteiger partial charge in [-0.15, -0.1) is 5.10 Å². The number of carboxylic acids is 1. The summed E-state index contributed by atoms with van der Waals surface area (Å²) in [4.78, 5) is 33.0. The Morgan fingerprint density at radius 1 is 1.46 bits per heavy atom. The standard InChI is InChI=1S/C15H18N6O3/c1-20(9-13(22)23)10-5-6-12-17-15(19-21(12)8-10)18-14(24)11-4-2-3-7-16-11/h2-4,7,10H,5-6,8-9H2,1H3,(H,22,23)(H,18,19,24). The van der Waals surface area contributed by atoms with Crippen LogP contribution in [0.1, 0.15) is 22.7 Å².